The van der Waals surface area contributed by atoms with Gasteiger partial charge in [0, 0.05) is 13.0 Å². The number of benzene rings is 1. The number of hydrogen-bond acceptors (Lipinski definition) is 2. The predicted molar refractivity (Wildman–Crippen MR) is 73.4 cm³/mol. The van der Waals surface area contributed by atoms with E-state index < -0.39 is 0 Å². The molecule has 0 saturated carbocycles. The molecule has 0 saturated heterocycles. The molecule has 90 valence electrons. The highest BCUT2D eigenvalue weighted by atomic mass is 79.9. The van der Waals surface area contributed by atoms with E-state index in [9.17, 15) is 0 Å². The smallest absolute Gasteiger partial charge is 0.147 e. The minimum absolute atomic E-state index is 0.0616. The van der Waals surface area contributed by atoms with E-state index in [-0.39, 0.29) is 6.10 Å². The van der Waals surface area contributed by atoms with Crippen LogP contribution >= 0.6 is 43.5 Å². The molecule has 0 aliphatic heterocycles. The Hall–Kier alpha value is 0.230. The fraction of sp³-hybridized carbons (Fsp3) is 0.455. The Labute approximate surface area is 118 Å². The maximum Gasteiger partial charge on any atom is 0.147 e. The second-order valence-electron chi connectivity index (χ2n) is 3.38. The van der Waals surface area contributed by atoms with Crippen molar-refractivity contribution >= 4 is 43.5 Å². The number of rotatable bonds is 5. The summed E-state index contributed by atoms with van der Waals surface area (Å²) in [5, 5.41) is 0. The molecule has 0 spiro atoms. The van der Waals surface area contributed by atoms with E-state index in [1.807, 2.05) is 19.1 Å². The van der Waals surface area contributed by atoms with Crippen LogP contribution in [0.3, 0.4) is 0 Å². The van der Waals surface area contributed by atoms with Crippen molar-refractivity contribution in [2.75, 3.05) is 13.7 Å². The first kappa shape index (κ1) is 14.3. The molecule has 0 amide bonds. The average molecular weight is 372 g/mol. The highest BCUT2D eigenvalue weighted by Crippen LogP contribution is 2.35. The summed E-state index contributed by atoms with van der Waals surface area (Å²) in [6.45, 7) is 2.46. The van der Waals surface area contributed by atoms with Crippen LogP contribution in [0.1, 0.15) is 12.5 Å². The minimum atomic E-state index is 0.0616. The summed E-state index contributed by atoms with van der Waals surface area (Å²) in [7, 11) is 1.66. The lowest BCUT2D eigenvalue weighted by molar-refractivity contribution is 0.0711. The van der Waals surface area contributed by atoms with Crippen molar-refractivity contribution in [3.05, 3.63) is 26.6 Å². The zero-order chi connectivity index (χ0) is 12.1. The van der Waals surface area contributed by atoms with Gasteiger partial charge in [-0.15, -0.1) is 11.6 Å². The molecule has 1 aromatic rings. The third-order valence-corrected chi connectivity index (χ3v) is 3.56. The van der Waals surface area contributed by atoms with E-state index in [1.165, 1.54) is 0 Å². The lowest BCUT2D eigenvalue weighted by Gasteiger charge is -2.14. The van der Waals surface area contributed by atoms with Gasteiger partial charge in [0.2, 0.25) is 0 Å². The Kier molecular flexibility index (Phi) is 6.11. The first-order valence-corrected chi connectivity index (χ1v) is 6.90. The quantitative estimate of drug-likeness (QED) is 0.715. The second-order valence-corrected chi connectivity index (χ2v) is 5.36. The predicted octanol–water partition coefficient (Wildman–Crippen LogP) is 4.36. The van der Waals surface area contributed by atoms with Gasteiger partial charge in [0.25, 0.3) is 0 Å². The topological polar surface area (TPSA) is 18.5 Å². The fourth-order valence-corrected chi connectivity index (χ4v) is 2.76. The van der Waals surface area contributed by atoms with Crippen molar-refractivity contribution in [2.45, 2.75) is 18.9 Å². The van der Waals surface area contributed by atoms with Crippen molar-refractivity contribution in [3.63, 3.8) is 0 Å². The highest BCUT2D eigenvalue weighted by molar-refractivity contribution is 9.11. The monoisotopic (exact) mass is 370 g/mol. The summed E-state index contributed by atoms with van der Waals surface area (Å²) in [5.41, 5.74) is 1.03. The van der Waals surface area contributed by atoms with Gasteiger partial charge < -0.3 is 9.47 Å². The Morgan fingerprint density at radius 3 is 2.31 bits per heavy atom. The number of methoxy groups -OCH3 is 1. The van der Waals surface area contributed by atoms with E-state index in [2.05, 4.69) is 31.9 Å². The zero-order valence-corrected chi connectivity index (χ0v) is 13.0. The molecule has 0 heterocycles. The fourth-order valence-electron chi connectivity index (χ4n) is 1.10. The van der Waals surface area contributed by atoms with Crippen molar-refractivity contribution in [3.8, 4) is 5.75 Å². The molecule has 0 N–H and O–H groups in total. The molecular weight excluding hydrogens is 359 g/mol. The Balaban J connectivity index is 2.80. The molecule has 0 aliphatic carbocycles. The van der Waals surface area contributed by atoms with Crippen LogP contribution in [0.15, 0.2) is 21.1 Å². The van der Waals surface area contributed by atoms with Gasteiger partial charge >= 0.3 is 0 Å². The average Bonchev–Trinajstić information content (AvgIpc) is 2.27. The standard InChI is InChI=1S/C11H13Br2ClO2/c1-7(15-2)6-16-11-9(12)3-8(5-14)4-10(11)13/h3-4,7H,5-6H2,1-2H3. The first-order valence-electron chi connectivity index (χ1n) is 4.78. The summed E-state index contributed by atoms with van der Waals surface area (Å²) >= 11 is 12.7. The molecule has 0 radical (unpaired) electrons. The van der Waals surface area contributed by atoms with Gasteiger partial charge in [-0.1, -0.05) is 0 Å². The van der Waals surface area contributed by atoms with Gasteiger partial charge in [0.05, 0.1) is 15.0 Å². The van der Waals surface area contributed by atoms with Gasteiger partial charge in [-0.2, -0.15) is 0 Å². The molecule has 2 nitrogen and oxygen atoms in total. The summed E-state index contributed by atoms with van der Waals surface area (Å²) in [4.78, 5) is 0. The Morgan fingerprint density at radius 2 is 1.88 bits per heavy atom. The molecule has 0 bridgehead atoms. The molecule has 1 aromatic carbocycles. The van der Waals surface area contributed by atoms with Crippen LogP contribution in [0, 0.1) is 0 Å². The SMILES string of the molecule is COC(C)COc1c(Br)cc(CCl)cc1Br. The second kappa shape index (κ2) is 6.84. The number of ether oxygens (including phenoxy) is 2. The van der Waals surface area contributed by atoms with Crippen LogP contribution in [-0.4, -0.2) is 19.8 Å². The van der Waals surface area contributed by atoms with Gasteiger partial charge in [0.15, 0.2) is 0 Å². The van der Waals surface area contributed by atoms with Gasteiger partial charge in [0.1, 0.15) is 12.4 Å². The zero-order valence-electron chi connectivity index (χ0n) is 9.10. The van der Waals surface area contributed by atoms with E-state index in [0.717, 1.165) is 20.3 Å². The Morgan fingerprint density at radius 1 is 1.31 bits per heavy atom. The van der Waals surface area contributed by atoms with Crippen molar-refractivity contribution in [1.82, 2.24) is 0 Å². The maximum atomic E-state index is 5.77. The van der Waals surface area contributed by atoms with Gasteiger partial charge in [-0.3, -0.25) is 0 Å². The summed E-state index contributed by atoms with van der Waals surface area (Å²) in [6.07, 6.45) is 0.0616. The van der Waals surface area contributed by atoms with Crippen molar-refractivity contribution in [1.29, 1.82) is 0 Å². The van der Waals surface area contributed by atoms with E-state index in [0.29, 0.717) is 12.5 Å². The first-order chi connectivity index (χ1) is 7.58. The van der Waals surface area contributed by atoms with Crippen LogP contribution in [0.2, 0.25) is 0 Å². The summed E-state index contributed by atoms with van der Waals surface area (Å²) < 4.78 is 12.6. The van der Waals surface area contributed by atoms with Crippen LogP contribution < -0.4 is 4.74 Å². The van der Waals surface area contributed by atoms with Crippen LogP contribution in [0.25, 0.3) is 0 Å². The largest absolute Gasteiger partial charge is 0.489 e. The summed E-state index contributed by atoms with van der Waals surface area (Å²) in [5.74, 6) is 1.25. The number of alkyl halides is 1. The normalized spacial score (nSPS) is 12.6. The molecule has 0 aromatic heterocycles. The minimum Gasteiger partial charge on any atom is -0.489 e. The summed E-state index contributed by atoms with van der Waals surface area (Å²) in [6, 6.07) is 3.90. The van der Waals surface area contributed by atoms with Crippen molar-refractivity contribution < 1.29 is 9.47 Å². The Bertz CT molecular complexity index is 335. The molecule has 1 rings (SSSR count). The van der Waals surface area contributed by atoms with E-state index >= 15 is 0 Å². The number of hydrogen-bond donors (Lipinski definition) is 0. The van der Waals surface area contributed by atoms with Crippen molar-refractivity contribution in [2.24, 2.45) is 0 Å². The van der Waals surface area contributed by atoms with E-state index in [1.54, 1.807) is 7.11 Å². The van der Waals surface area contributed by atoms with Crippen LogP contribution in [0.5, 0.6) is 5.75 Å². The van der Waals surface area contributed by atoms with Crippen LogP contribution in [-0.2, 0) is 10.6 Å². The third-order valence-electron chi connectivity index (χ3n) is 2.08. The molecule has 0 fully saturated rings. The van der Waals surface area contributed by atoms with E-state index in [4.69, 9.17) is 21.1 Å². The third kappa shape index (κ3) is 3.91. The van der Waals surface area contributed by atoms with Gasteiger partial charge in [-0.25, -0.2) is 0 Å². The lowest BCUT2D eigenvalue weighted by Crippen LogP contribution is -2.16. The molecule has 1 unspecified atom stereocenters. The molecule has 0 aliphatic rings. The molecule has 16 heavy (non-hydrogen) atoms. The lowest BCUT2D eigenvalue weighted by atomic mass is 10.2. The highest BCUT2D eigenvalue weighted by Gasteiger charge is 2.10. The number of halogens is 3. The van der Waals surface area contributed by atoms with Gasteiger partial charge in [-0.05, 0) is 56.5 Å². The van der Waals surface area contributed by atoms with Crippen LogP contribution in [0.4, 0.5) is 0 Å². The maximum absolute atomic E-state index is 5.77. The molecular formula is C11H13Br2ClO2. The molecule has 5 heteroatoms. The molecule has 1 atom stereocenters.